The number of carbonyl (C=O) groups is 1. The summed E-state index contributed by atoms with van der Waals surface area (Å²) in [6.07, 6.45) is 0. The van der Waals surface area contributed by atoms with Crippen molar-refractivity contribution in [2.24, 2.45) is 0 Å². The lowest BCUT2D eigenvalue weighted by molar-refractivity contribution is -0.115. The van der Waals surface area contributed by atoms with Gasteiger partial charge in [-0.3, -0.25) is 4.79 Å². The van der Waals surface area contributed by atoms with Crippen LogP contribution in [0, 0.1) is 0 Å². The third-order valence-electron chi connectivity index (χ3n) is 2.89. The van der Waals surface area contributed by atoms with Crippen LogP contribution in [-0.2, 0) is 4.79 Å². The quantitative estimate of drug-likeness (QED) is 0.787. The summed E-state index contributed by atoms with van der Waals surface area (Å²) in [6, 6.07) is 5.35. The molecule has 1 atom stereocenters. The number of imidazole rings is 1. The van der Waals surface area contributed by atoms with Crippen LogP contribution in [0.2, 0.25) is 0 Å². The minimum Gasteiger partial charge on any atom is -0.325 e. The Kier molecular flexibility index (Phi) is 3.56. The van der Waals surface area contributed by atoms with Crippen molar-refractivity contribution in [3.63, 3.8) is 0 Å². The van der Waals surface area contributed by atoms with E-state index in [1.807, 2.05) is 11.8 Å². The van der Waals surface area contributed by atoms with E-state index in [9.17, 15) is 9.59 Å². The topological polar surface area (TPSA) is 77.8 Å². The van der Waals surface area contributed by atoms with Gasteiger partial charge in [0, 0.05) is 22.9 Å². The predicted molar refractivity (Wildman–Crippen MR) is 81.1 cm³/mol. The van der Waals surface area contributed by atoms with Gasteiger partial charge in [-0.25, -0.2) is 4.79 Å². The smallest absolute Gasteiger partial charge is 0.323 e. The van der Waals surface area contributed by atoms with E-state index in [-0.39, 0.29) is 16.8 Å². The van der Waals surface area contributed by atoms with E-state index in [1.165, 1.54) is 0 Å². The summed E-state index contributed by atoms with van der Waals surface area (Å²) >= 11 is 3.52. The van der Waals surface area contributed by atoms with Crippen molar-refractivity contribution in [1.29, 1.82) is 0 Å². The largest absolute Gasteiger partial charge is 0.325 e. The van der Waals surface area contributed by atoms with Gasteiger partial charge in [-0.1, -0.05) is 0 Å². The zero-order chi connectivity index (χ0) is 13.2. The molecule has 0 spiro atoms. The fourth-order valence-corrected chi connectivity index (χ4v) is 4.53. The van der Waals surface area contributed by atoms with Gasteiger partial charge in [-0.05, 0) is 18.2 Å². The summed E-state index contributed by atoms with van der Waals surface area (Å²) in [5.74, 6) is 3.03. The summed E-state index contributed by atoms with van der Waals surface area (Å²) in [5.41, 5.74) is 1.92. The van der Waals surface area contributed by atoms with Crippen LogP contribution in [0.1, 0.15) is 0 Å². The monoisotopic (exact) mass is 295 g/mol. The first-order valence-electron chi connectivity index (χ1n) is 5.94. The van der Waals surface area contributed by atoms with Crippen LogP contribution in [0.3, 0.4) is 0 Å². The molecule has 3 rings (SSSR count). The number of amides is 1. The predicted octanol–water partition coefficient (Wildman–Crippen LogP) is 1.64. The molecule has 0 bridgehead atoms. The van der Waals surface area contributed by atoms with Crippen molar-refractivity contribution >= 4 is 46.2 Å². The molecule has 1 aliphatic heterocycles. The molecule has 1 amide bonds. The van der Waals surface area contributed by atoms with Gasteiger partial charge < -0.3 is 15.3 Å². The van der Waals surface area contributed by atoms with Gasteiger partial charge >= 0.3 is 5.69 Å². The van der Waals surface area contributed by atoms with Crippen LogP contribution in [-0.4, -0.2) is 38.4 Å². The minimum atomic E-state index is -0.238. The Morgan fingerprint density at radius 2 is 2.11 bits per heavy atom. The molecule has 3 N–H and O–H groups in total. The molecular weight excluding hydrogens is 282 g/mol. The first-order chi connectivity index (χ1) is 9.22. The molecule has 1 saturated heterocycles. The molecule has 7 heteroatoms. The zero-order valence-electron chi connectivity index (χ0n) is 10.1. The lowest BCUT2D eigenvalue weighted by atomic mass is 10.2. The standard InChI is InChI=1S/C12H13N3O2S2/c16-11(10-6-18-3-4-19-10)13-7-1-2-8-9(5-7)15-12(17)14-8/h1-2,5,10H,3-4,6H2,(H,13,16)(H2,14,15,17). The van der Waals surface area contributed by atoms with E-state index in [4.69, 9.17) is 0 Å². The number of aromatic nitrogens is 2. The molecule has 1 fully saturated rings. The van der Waals surface area contributed by atoms with Gasteiger partial charge in [-0.2, -0.15) is 11.8 Å². The maximum atomic E-state index is 12.1. The van der Waals surface area contributed by atoms with Crippen molar-refractivity contribution in [3.8, 4) is 0 Å². The van der Waals surface area contributed by atoms with Crippen molar-refractivity contribution < 1.29 is 4.79 Å². The summed E-state index contributed by atoms with van der Waals surface area (Å²) < 4.78 is 0. The number of hydrogen-bond acceptors (Lipinski definition) is 4. The SMILES string of the molecule is O=C(Nc1ccc2[nH]c(=O)[nH]c2c1)C1CSCCS1. The molecule has 2 heterocycles. The van der Waals surface area contributed by atoms with Crippen LogP contribution in [0.15, 0.2) is 23.0 Å². The van der Waals surface area contributed by atoms with Gasteiger partial charge in [0.25, 0.3) is 0 Å². The highest BCUT2D eigenvalue weighted by molar-refractivity contribution is 8.07. The van der Waals surface area contributed by atoms with Gasteiger partial charge in [-0.15, -0.1) is 11.8 Å². The molecule has 5 nitrogen and oxygen atoms in total. The Bertz CT molecular complexity index is 658. The highest BCUT2D eigenvalue weighted by Gasteiger charge is 2.22. The third-order valence-corrected chi connectivity index (χ3v) is 5.65. The number of fused-ring (bicyclic) bond motifs is 1. The Labute approximate surface area is 117 Å². The molecular formula is C12H13N3O2S2. The van der Waals surface area contributed by atoms with E-state index < -0.39 is 0 Å². The van der Waals surface area contributed by atoms with E-state index >= 15 is 0 Å². The normalized spacial score (nSPS) is 19.5. The fraction of sp³-hybridized carbons (Fsp3) is 0.333. The lowest BCUT2D eigenvalue weighted by Gasteiger charge is -2.20. The number of benzene rings is 1. The maximum Gasteiger partial charge on any atom is 0.323 e. The molecule has 1 aromatic carbocycles. The molecule has 1 aromatic heterocycles. The molecule has 2 aromatic rings. The second-order valence-electron chi connectivity index (χ2n) is 4.26. The minimum absolute atomic E-state index is 0.0136. The van der Waals surface area contributed by atoms with E-state index in [0.717, 1.165) is 22.8 Å². The maximum absolute atomic E-state index is 12.1. The Morgan fingerprint density at radius 3 is 2.89 bits per heavy atom. The number of thioether (sulfide) groups is 2. The van der Waals surface area contributed by atoms with E-state index in [1.54, 1.807) is 30.0 Å². The zero-order valence-corrected chi connectivity index (χ0v) is 11.7. The number of rotatable bonds is 2. The molecule has 0 radical (unpaired) electrons. The molecule has 0 saturated carbocycles. The van der Waals surface area contributed by atoms with E-state index in [0.29, 0.717) is 11.2 Å². The average Bonchev–Trinajstić information content (AvgIpc) is 2.79. The van der Waals surface area contributed by atoms with Crippen LogP contribution < -0.4 is 11.0 Å². The molecule has 1 aliphatic rings. The number of aromatic amines is 2. The van der Waals surface area contributed by atoms with Crippen LogP contribution in [0.25, 0.3) is 11.0 Å². The summed E-state index contributed by atoms with van der Waals surface area (Å²) in [5, 5.41) is 2.92. The lowest BCUT2D eigenvalue weighted by Crippen LogP contribution is -2.30. The summed E-state index contributed by atoms with van der Waals surface area (Å²) in [6.45, 7) is 0. The second-order valence-corrected chi connectivity index (χ2v) is 6.72. The van der Waals surface area contributed by atoms with Gasteiger partial charge in [0.05, 0.1) is 16.3 Å². The fourth-order valence-electron chi connectivity index (χ4n) is 1.97. The first-order valence-corrected chi connectivity index (χ1v) is 8.15. The Hall–Kier alpha value is -1.34. The number of carbonyl (C=O) groups excluding carboxylic acids is 1. The van der Waals surface area contributed by atoms with Gasteiger partial charge in [0.15, 0.2) is 0 Å². The number of nitrogens with one attached hydrogen (secondary N) is 3. The van der Waals surface area contributed by atoms with Crippen molar-refractivity contribution in [3.05, 3.63) is 28.7 Å². The van der Waals surface area contributed by atoms with Crippen LogP contribution in [0.5, 0.6) is 0 Å². The van der Waals surface area contributed by atoms with Crippen molar-refractivity contribution in [1.82, 2.24) is 9.97 Å². The Balaban J connectivity index is 1.76. The van der Waals surface area contributed by atoms with Crippen molar-refractivity contribution in [2.75, 3.05) is 22.6 Å². The van der Waals surface area contributed by atoms with E-state index in [2.05, 4.69) is 15.3 Å². The second kappa shape index (κ2) is 5.34. The average molecular weight is 295 g/mol. The molecule has 19 heavy (non-hydrogen) atoms. The number of hydrogen-bond donors (Lipinski definition) is 3. The highest BCUT2D eigenvalue weighted by atomic mass is 32.2. The Morgan fingerprint density at radius 1 is 1.26 bits per heavy atom. The van der Waals surface area contributed by atoms with Crippen molar-refractivity contribution in [2.45, 2.75) is 5.25 Å². The van der Waals surface area contributed by atoms with Crippen LogP contribution >= 0.6 is 23.5 Å². The van der Waals surface area contributed by atoms with Gasteiger partial charge in [0.1, 0.15) is 0 Å². The summed E-state index contributed by atoms with van der Waals surface area (Å²) in [7, 11) is 0. The first kappa shape index (κ1) is 12.7. The van der Waals surface area contributed by atoms with Gasteiger partial charge in [0.2, 0.25) is 5.91 Å². The summed E-state index contributed by atoms with van der Waals surface area (Å²) in [4.78, 5) is 28.6. The third kappa shape index (κ3) is 2.82. The number of H-pyrrole nitrogens is 2. The highest BCUT2D eigenvalue weighted by Crippen LogP contribution is 2.25. The molecule has 1 unspecified atom stereocenters. The molecule has 100 valence electrons. The number of anilines is 1. The van der Waals surface area contributed by atoms with Crippen LogP contribution in [0.4, 0.5) is 5.69 Å². The molecule has 0 aliphatic carbocycles.